The van der Waals surface area contributed by atoms with Crippen LogP contribution < -0.4 is 5.56 Å². The van der Waals surface area contributed by atoms with Crippen molar-refractivity contribution in [1.82, 2.24) is 19.4 Å². The first kappa shape index (κ1) is 24.8. The Labute approximate surface area is 209 Å². The number of hydrogen-bond donors (Lipinski definition) is 1. The number of aromatic nitrogens is 2. The van der Waals surface area contributed by atoms with Crippen molar-refractivity contribution in [3.63, 3.8) is 0 Å². The van der Waals surface area contributed by atoms with E-state index in [-0.39, 0.29) is 17.4 Å². The SMILES string of the molecule is CCOC(=O)N1CCN([C@@H](c2ccc(Cl)cc2)c2c(O)cc(C)n(Cc3cccnc3)c2=O)CC1. The van der Waals surface area contributed by atoms with Gasteiger partial charge in [0, 0.05) is 49.3 Å². The van der Waals surface area contributed by atoms with E-state index in [0.717, 1.165) is 11.1 Å². The van der Waals surface area contributed by atoms with E-state index in [9.17, 15) is 14.7 Å². The molecule has 1 N–H and O–H groups in total. The molecule has 0 bridgehead atoms. The zero-order valence-electron chi connectivity index (χ0n) is 19.9. The van der Waals surface area contributed by atoms with Crippen LogP contribution in [-0.2, 0) is 11.3 Å². The van der Waals surface area contributed by atoms with Crippen LogP contribution in [0.15, 0.2) is 59.7 Å². The first-order chi connectivity index (χ1) is 16.9. The highest BCUT2D eigenvalue weighted by atomic mass is 35.5. The maximum Gasteiger partial charge on any atom is 0.409 e. The minimum absolute atomic E-state index is 0.0530. The Morgan fingerprint density at radius 2 is 1.89 bits per heavy atom. The smallest absolute Gasteiger partial charge is 0.409 e. The average Bonchev–Trinajstić information content (AvgIpc) is 2.86. The molecule has 1 fully saturated rings. The number of piperazine rings is 1. The third-order valence-corrected chi connectivity index (χ3v) is 6.50. The molecule has 3 aromatic rings. The quantitative estimate of drug-likeness (QED) is 0.558. The number of nitrogens with zero attached hydrogens (tertiary/aromatic N) is 4. The van der Waals surface area contributed by atoms with Gasteiger partial charge in [0.15, 0.2) is 0 Å². The van der Waals surface area contributed by atoms with E-state index < -0.39 is 6.04 Å². The number of hydrogen-bond acceptors (Lipinski definition) is 6. The van der Waals surface area contributed by atoms with Crippen LogP contribution in [0, 0.1) is 6.92 Å². The van der Waals surface area contributed by atoms with E-state index in [1.165, 1.54) is 0 Å². The normalized spacial score (nSPS) is 15.1. The highest BCUT2D eigenvalue weighted by molar-refractivity contribution is 6.30. The number of pyridine rings is 2. The molecule has 1 atom stereocenters. The van der Waals surface area contributed by atoms with Crippen LogP contribution in [0.1, 0.15) is 35.3 Å². The molecule has 1 aliphatic heterocycles. The fourth-order valence-electron chi connectivity index (χ4n) is 4.48. The number of carbonyl (C=O) groups excluding carboxylic acids is 1. The van der Waals surface area contributed by atoms with E-state index >= 15 is 0 Å². The molecule has 9 heteroatoms. The molecule has 0 radical (unpaired) electrons. The lowest BCUT2D eigenvalue weighted by molar-refractivity contribution is 0.0709. The Hall–Kier alpha value is -3.36. The summed E-state index contributed by atoms with van der Waals surface area (Å²) in [6.07, 6.45) is 3.07. The number of aryl methyl sites for hydroxylation is 1. The zero-order chi connectivity index (χ0) is 24.9. The minimum Gasteiger partial charge on any atom is -0.507 e. The molecule has 2 aromatic heterocycles. The molecule has 1 aromatic carbocycles. The van der Waals surface area contributed by atoms with Crippen molar-refractivity contribution in [2.75, 3.05) is 32.8 Å². The molecule has 0 saturated carbocycles. The monoisotopic (exact) mass is 496 g/mol. The third kappa shape index (κ3) is 5.49. The van der Waals surface area contributed by atoms with Gasteiger partial charge in [0.1, 0.15) is 5.75 Å². The molecule has 0 spiro atoms. The Morgan fingerprint density at radius 1 is 1.17 bits per heavy atom. The maximum absolute atomic E-state index is 13.8. The summed E-state index contributed by atoms with van der Waals surface area (Å²) in [5.74, 6) is -0.0530. The van der Waals surface area contributed by atoms with E-state index in [1.54, 1.807) is 53.9 Å². The van der Waals surface area contributed by atoms with Gasteiger partial charge in [-0.15, -0.1) is 0 Å². The fraction of sp³-hybridized carbons (Fsp3) is 0.346. The molecule has 8 nitrogen and oxygen atoms in total. The number of benzene rings is 1. The lowest BCUT2D eigenvalue weighted by Crippen LogP contribution is -2.50. The summed E-state index contributed by atoms with van der Waals surface area (Å²) in [5.41, 5.74) is 2.41. The third-order valence-electron chi connectivity index (χ3n) is 6.25. The van der Waals surface area contributed by atoms with E-state index in [4.69, 9.17) is 16.3 Å². The summed E-state index contributed by atoms with van der Waals surface area (Å²) < 4.78 is 6.80. The van der Waals surface area contributed by atoms with Gasteiger partial charge in [-0.2, -0.15) is 0 Å². The molecular weight excluding hydrogens is 468 g/mol. The molecule has 184 valence electrons. The first-order valence-electron chi connectivity index (χ1n) is 11.6. The molecular formula is C26H29ClN4O4. The van der Waals surface area contributed by atoms with Gasteiger partial charge in [-0.3, -0.25) is 14.7 Å². The summed E-state index contributed by atoms with van der Waals surface area (Å²) >= 11 is 6.14. The molecule has 1 aliphatic rings. The highest BCUT2D eigenvalue weighted by Crippen LogP contribution is 2.34. The Balaban J connectivity index is 1.74. The standard InChI is InChI=1S/C26H29ClN4O4/c1-3-35-26(34)30-13-11-29(12-14-30)24(20-6-8-21(27)9-7-20)23-22(32)15-18(2)31(25(23)33)17-19-5-4-10-28-16-19/h4-10,15-16,24,32H,3,11-14,17H2,1-2H3/t24-/m0/s1. The van der Waals surface area contributed by atoms with E-state index in [0.29, 0.717) is 55.6 Å². The van der Waals surface area contributed by atoms with Gasteiger partial charge < -0.3 is 19.3 Å². The van der Waals surface area contributed by atoms with Crippen molar-refractivity contribution in [2.45, 2.75) is 26.4 Å². The van der Waals surface area contributed by atoms with Crippen molar-refractivity contribution < 1.29 is 14.6 Å². The van der Waals surface area contributed by atoms with Crippen LogP contribution in [0.2, 0.25) is 5.02 Å². The van der Waals surface area contributed by atoms with Crippen molar-refractivity contribution >= 4 is 17.7 Å². The lowest BCUT2D eigenvalue weighted by atomic mass is 9.96. The van der Waals surface area contributed by atoms with Crippen LogP contribution in [0.25, 0.3) is 0 Å². The average molecular weight is 497 g/mol. The number of aromatic hydroxyl groups is 1. The van der Waals surface area contributed by atoms with Crippen LogP contribution in [0.4, 0.5) is 4.79 Å². The molecule has 3 heterocycles. The molecule has 1 amide bonds. The van der Waals surface area contributed by atoms with Gasteiger partial charge in [0.25, 0.3) is 5.56 Å². The summed E-state index contributed by atoms with van der Waals surface area (Å²) in [6.45, 7) is 6.19. The molecule has 4 rings (SSSR count). The van der Waals surface area contributed by atoms with Crippen LogP contribution in [0.5, 0.6) is 5.75 Å². The molecule has 0 unspecified atom stereocenters. The van der Waals surface area contributed by atoms with Gasteiger partial charge in [-0.1, -0.05) is 29.8 Å². The van der Waals surface area contributed by atoms with Crippen LogP contribution >= 0.6 is 11.6 Å². The minimum atomic E-state index is -0.509. The van der Waals surface area contributed by atoms with Crippen molar-refractivity contribution in [1.29, 1.82) is 0 Å². The number of rotatable bonds is 6. The Morgan fingerprint density at radius 3 is 2.51 bits per heavy atom. The summed E-state index contributed by atoms with van der Waals surface area (Å²) in [5, 5.41) is 11.6. The van der Waals surface area contributed by atoms with E-state index in [1.807, 2.05) is 24.3 Å². The zero-order valence-corrected chi connectivity index (χ0v) is 20.6. The van der Waals surface area contributed by atoms with Crippen molar-refractivity contribution in [2.24, 2.45) is 0 Å². The predicted octanol–water partition coefficient (Wildman–Crippen LogP) is 3.82. The first-order valence-corrected chi connectivity index (χ1v) is 12.0. The van der Waals surface area contributed by atoms with Gasteiger partial charge in [-0.05, 0) is 49.2 Å². The second-order valence-electron chi connectivity index (χ2n) is 8.51. The molecule has 35 heavy (non-hydrogen) atoms. The Bertz CT molecular complexity index is 1220. The highest BCUT2D eigenvalue weighted by Gasteiger charge is 2.32. The number of carbonyl (C=O) groups is 1. The number of halogens is 1. The Kier molecular flexibility index (Phi) is 7.73. The molecule has 0 aliphatic carbocycles. The second-order valence-corrected chi connectivity index (χ2v) is 8.95. The van der Waals surface area contributed by atoms with Gasteiger partial charge >= 0.3 is 6.09 Å². The summed E-state index contributed by atoms with van der Waals surface area (Å²) in [7, 11) is 0. The topological polar surface area (TPSA) is 87.9 Å². The largest absolute Gasteiger partial charge is 0.507 e. The van der Waals surface area contributed by atoms with Crippen LogP contribution in [-0.4, -0.2) is 63.3 Å². The summed E-state index contributed by atoms with van der Waals surface area (Å²) in [4.78, 5) is 34.0. The second kappa shape index (κ2) is 10.9. The lowest BCUT2D eigenvalue weighted by Gasteiger charge is -2.39. The molecule has 1 saturated heterocycles. The van der Waals surface area contributed by atoms with E-state index in [2.05, 4.69) is 9.88 Å². The van der Waals surface area contributed by atoms with Gasteiger partial charge in [0.2, 0.25) is 0 Å². The predicted molar refractivity (Wildman–Crippen MR) is 134 cm³/mol. The van der Waals surface area contributed by atoms with Crippen molar-refractivity contribution in [3.05, 3.63) is 92.6 Å². The number of ether oxygens (including phenoxy) is 1. The van der Waals surface area contributed by atoms with Crippen molar-refractivity contribution in [3.8, 4) is 5.75 Å². The summed E-state index contributed by atoms with van der Waals surface area (Å²) in [6, 6.07) is 12.2. The van der Waals surface area contributed by atoms with Gasteiger partial charge in [0.05, 0.1) is 24.8 Å². The maximum atomic E-state index is 13.8. The fourth-order valence-corrected chi connectivity index (χ4v) is 4.61. The van der Waals surface area contributed by atoms with Gasteiger partial charge in [-0.25, -0.2) is 4.79 Å². The number of amides is 1. The van der Waals surface area contributed by atoms with Crippen LogP contribution in [0.3, 0.4) is 0 Å².